The molecule has 1 heterocycles. The third-order valence-corrected chi connectivity index (χ3v) is 9.06. The minimum atomic E-state index is -4.07. The normalized spacial score (nSPS) is 14.6. The fourth-order valence-electron chi connectivity index (χ4n) is 5.52. The highest BCUT2D eigenvalue weighted by molar-refractivity contribution is 7.92. The van der Waals surface area contributed by atoms with Gasteiger partial charge in [0.05, 0.1) is 22.8 Å². The highest BCUT2D eigenvalue weighted by Crippen LogP contribution is 2.44. The summed E-state index contributed by atoms with van der Waals surface area (Å²) in [5.41, 5.74) is 3.87. The summed E-state index contributed by atoms with van der Waals surface area (Å²) in [5.74, 6) is -0.267. The summed E-state index contributed by atoms with van der Waals surface area (Å²) in [6, 6.07) is 34.6. The highest BCUT2D eigenvalue weighted by Gasteiger charge is 2.41. The van der Waals surface area contributed by atoms with E-state index in [1.54, 1.807) is 53.4 Å². The number of ether oxygens (including phenoxy) is 1. The largest absolute Gasteiger partial charge is 0.494 e. The first kappa shape index (κ1) is 29.9. The van der Waals surface area contributed by atoms with Crippen molar-refractivity contribution in [1.29, 1.82) is 0 Å². The van der Waals surface area contributed by atoms with E-state index in [-0.39, 0.29) is 10.5 Å². The molecule has 0 saturated heterocycles. The number of hydrogen-bond donors (Lipinski definition) is 1. The van der Waals surface area contributed by atoms with Crippen molar-refractivity contribution in [1.82, 2.24) is 0 Å². The predicted molar refractivity (Wildman–Crippen MR) is 175 cm³/mol. The zero-order valence-corrected chi connectivity index (χ0v) is 25.7. The molecule has 0 spiro atoms. The van der Waals surface area contributed by atoms with Gasteiger partial charge in [-0.2, -0.15) is 0 Å². The first-order valence-electron chi connectivity index (χ1n) is 14.6. The van der Waals surface area contributed by atoms with Crippen LogP contribution in [0.2, 0.25) is 0 Å². The Balaban J connectivity index is 1.49. The van der Waals surface area contributed by atoms with Crippen LogP contribution in [0.25, 0.3) is 0 Å². The monoisotopic (exact) mass is 621 g/mol. The molecule has 0 aromatic heterocycles. The molecule has 7 nitrogen and oxygen atoms in total. The zero-order chi connectivity index (χ0) is 31.6. The van der Waals surface area contributed by atoms with E-state index in [4.69, 9.17) is 4.74 Å². The van der Waals surface area contributed by atoms with Crippen LogP contribution in [0.3, 0.4) is 0 Å². The summed E-state index contributed by atoms with van der Waals surface area (Å²) in [4.78, 5) is 17.9. The molecule has 0 bridgehead atoms. The number of halogens is 1. The minimum Gasteiger partial charge on any atom is -0.494 e. The van der Waals surface area contributed by atoms with Crippen LogP contribution >= 0.6 is 0 Å². The molecule has 0 unspecified atom stereocenters. The molecule has 228 valence electrons. The number of carbonyl (C=O) groups is 1. The number of nitrogens with one attached hydrogen (secondary N) is 1. The summed E-state index contributed by atoms with van der Waals surface area (Å²) < 4.78 is 50.8. The molecule has 0 saturated carbocycles. The fraction of sp³-hybridized carbons (Fsp3) is 0.139. The van der Waals surface area contributed by atoms with E-state index < -0.39 is 27.9 Å². The van der Waals surface area contributed by atoms with Gasteiger partial charge < -0.3 is 9.64 Å². The van der Waals surface area contributed by atoms with Gasteiger partial charge in [0.25, 0.3) is 15.9 Å². The van der Waals surface area contributed by atoms with Crippen LogP contribution in [-0.2, 0) is 16.6 Å². The quantitative estimate of drug-likeness (QED) is 0.183. The molecule has 6 rings (SSSR count). The van der Waals surface area contributed by atoms with Crippen molar-refractivity contribution in [3.05, 3.63) is 149 Å². The van der Waals surface area contributed by atoms with Gasteiger partial charge in [-0.1, -0.05) is 66.2 Å². The van der Waals surface area contributed by atoms with E-state index in [0.29, 0.717) is 41.5 Å². The Morgan fingerprint density at radius 1 is 0.844 bits per heavy atom. The number of sulfonamides is 1. The van der Waals surface area contributed by atoms with Crippen LogP contribution in [0.4, 0.5) is 21.5 Å². The first-order chi connectivity index (χ1) is 21.7. The third-order valence-electron chi connectivity index (χ3n) is 7.69. The Morgan fingerprint density at radius 2 is 1.53 bits per heavy atom. The van der Waals surface area contributed by atoms with Crippen molar-refractivity contribution >= 4 is 33.0 Å². The number of amides is 1. The van der Waals surface area contributed by atoms with Gasteiger partial charge in [-0.25, -0.2) is 12.8 Å². The number of anilines is 3. The Bertz CT molecular complexity index is 1930. The maximum atomic E-state index is 15.6. The second-order valence-electron chi connectivity index (χ2n) is 10.8. The zero-order valence-electron chi connectivity index (χ0n) is 24.9. The Morgan fingerprint density at radius 3 is 2.22 bits per heavy atom. The van der Waals surface area contributed by atoms with Gasteiger partial charge in [0.2, 0.25) is 0 Å². The molecular weight excluding hydrogens is 589 g/mol. The number of benzene rings is 5. The molecule has 0 radical (unpaired) electrons. The number of nitrogens with zero attached hydrogens (tertiary/aromatic N) is 2. The summed E-state index contributed by atoms with van der Waals surface area (Å²) in [6.45, 7) is 4.64. The number of fused-ring (bicyclic) bond motifs is 1. The number of aryl methyl sites for hydroxylation is 1. The molecule has 1 aliphatic rings. The lowest BCUT2D eigenvalue weighted by atomic mass is 9.98. The molecule has 0 aliphatic carbocycles. The van der Waals surface area contributed by atoms with Crippen molar-refractivity contribution in [2.45, 2.75) is 31.5 Å². The van der Waals surface area contributed by atoms with Gasteiger partial charge in [-0.05, 0) is 80.1 Å². The lowest BCUT2D eigenvalue weighted by Gasteiger charge is -2.46. The molecule has 5 aromatic carbocycles. The molecule has 1 amide bonds. The average Bonchev–Trinajstić information content (AvgIpc) is 3.04. The molecule has 5 aromatic rings. The molecular formula is C36H32FN3O4S. The SMILES string of the molecule is CCOc1ccc(NS(=O)(=O)c2ccc3c(c2)C(=O)N(c2ccc(C)cc2)[C@H](c2ccccc2F)N3Cc2ccccc2)cc1. The van der Waals surface area contributed by atoms with Gasteiger partial charge in [-0.3, -0.25) is 14.4 Å². The summed E-state index contributed by atoms with van der Waals surface area (Å²) >= 11 is 0. The third kappa shape index (κ3) is 6.12. The van der Waals surface area contributed by atoms with E-state index in [2.05, 4.69) is 4.72 Å². The Kier molecular flexibility index (Phi) is 8.28. The van der Waals surface area contributed by atoms with Crippen molar-refractivity contribution in [3.63, 3.8) is 0 Å². The van der Waals surface area contributed by atoms with Crippen molar-refractivity contribution < 1.29 is 22.3 Å². The van der Waals surface area contributed by atoms with Gasteiger partial charge >= 0.3 is 0 Å². The van der Waals surface area contributed by atoms with Crippen molar-refractivity contribution in [2.24, 2.45) is 0 Å². The van der Waals surface area contributed by atoms with Crippen LogP contribution in [0.1, 0.15) is 40.1 Å². The van der Waals surface area contributed by atoms with Gasteiger partial charge in [0.15, 0.2) is 0 Å². The average molecular weight is 622 g/mol. The maximum absolute atomic E-state index is 15.6. The van der Waals surface area contributed by atoms with E-state index in [9.17, 15) is 13.2 Å². The van der Waals surface area contributed by atoms with E-state index >= 15 is 4.39 Å². The second kappa shape index (κ2) is 12.5. The molecule has 1 atom stereocenters. The number of carbonyl (C=O) groups excluding carboxylic acids is 1. The topological polar surface area (TPSA) is 78.9 Å². The van der Waals surface area contributed by atoms with Gasteiger partial charge in [0, 0.05) is 23.5 Å². The second-order valence-corrected chi connectivity index (χ2v) is 12.4. The predicted octanol–water partition coefficient (Wildman–Crippen LogP) is 7.70. The van der Waals surface area contributed by atoms with Crippen LogP contribution in [0.15, 0.2) is 126 Å². The van der Waals surface area contributed by atoms with Gasteiger partial charge in [0.1, 0.15) is 17.7 Å². The number of rotatable bonds is 9. The summed E-state index contributed by atoms with van der Waals surface area (Å²) in [6.07, 6.45) is -0.849. The van der Waals surface area contributed by atoms with E-state index in [1.807, 2.05) is 73.3 Å². The maximum Gasteiger partial charge on any atom is 0.262 e. The standard InChI is InChI=1S/C36H32FN3O4S/c1-3-44-29-19-15-27(16-20-29)38-45(42,43)30-21-22-34-32(23-30)36(41)40(28-17-13-25(2)14-18-28)35(31-11-7-8-12-33(31)37)39(34)24-26-9-5-4-6-10-26/h4-23,35,38H,3,24H2,1-2H3/t35-/m1/s1. The van der Waals surface area contributed by atoms with Crippen LogP contribution < -0.4 is 19.3 Å². The Labute approximate surface area is 262 Å². The lowest BCUT2D eigenvalue weighted by molar-refractivity contribution is 0.0967. The molecule has 0 fully saturated rings. The summed E-state index contributed by atoms with van der Waals surface area (Å²) in [5, 5.41) is 0. The first-order valence-corrected chi connectivity index (χ1v) is 16.1. The van der Waals surface area contributed by atoms with E-state index in [1.165, 1.54) is 18.2 Å². The minimum absolute atomic E-state index is 0.0728. The molecule has 45 heavy (non-hydrogen) atoms. The highest BCUT2D eigenvalue weighted by atomic mass is 32.2. The Hall–Kier alpha value is -5.15. The number of hydrogen-bond acceptors (Lipinski definition) is 5. The molecule has 9 heteroatoms. The summed E-state index contributed by atoms with van der Waals surface area (Å²) in [7, 11) is -4.07. The van der Waals surface area contributed by atoms with Crippen LogP contribution in [0, 0.1) is 12.7 Å². The molecule has 1 N–H and O–H groups in total. The van der Waals surface area contributed by atoms with Gasteiger partial charge in [-0.15, -0.1) is 0 Å². The van der Waals surface area contributed by atoms with E-state index in [0.717, 1.165) is 11.1 Å². The van der Waals surface area contributed by atoms with Crippen LogP contribution in [0.5, 0.6) is 5.75 Å². The molecule has 1 aliphatic heterocycles. The fourth-order valence-corrected chi connectivity index (χ4v) is 6.61. The smallest absolute Gasteiger partial charge is 0.262 e. The van der Waals surface area contributed by atoms with Crippen LogP contribution in [-0.4, -0.2) is 20.9 Å². The lowest BCUT2D eigenvalue weighted by Crippen LogP contribution is -2.50. The van der Waals surface area contributed by atoms with Crippen molar-refractivity contribution in [2.75, 3.05) is 21.1 Å². The van der Waals surface area contributed by atoms with Crippen molar-refractivity contribution in [3.8, 4) is 5.75 Å².